The van der Waals surface area contributed by atoms with Crippen LogP contribution in [0.25, 0.3) is 11.4 Å². The number of carbonyl (C=O) groups is 2. The van der Waals surface area contributed by atoms with Gasteiger partial charge in [0, 0.05) is 42.2 Å². The Kier molecular flexibility index (Phi) is 5.61. The summed E-state index contributed by atoms with van der Waals surface area (Å²) >= 11 is 0. The van der Waals surface area contributed by atoms with Crippen molar-refractivity contribution in [2.24, 2.45) is 0 Å². The maximum Gasteiger partial charge on any atom is 0.291 e. The lowest BCUT2D eigenvalue weighted by molar-refractivity contribution is -0.116. The van der Waals surface area contributed by atoms with Gasteiger partial charge in [0.25, 0.3) is 5.91 Å². The monoisotopic (exact) mass is 403 g/mol. The zero-order chi connectivity index (χ0) is 20.8. The molecule has 0 radical (unpaired) electrons. The van der Waals surface area contributed by atoms with Gasteiger partial charge in [-0.05, 0) is 42.5 Å². The second-order valence-electron chi connectivity index (χ2n) is 6.31. The summed E-state index contributed by atoms with van der Waals surface area (Å²) < 4.78 is 10.3. The van der Waals surface area contributed by atoms with Crippen LogP contribution in [-0.2, 0) is 11.2 Å². The van der Waals surface area contributed by atoms with E-state index in [1.807, 2.05) is 0 Å². The standard InChI is InChI=1S/C21H17N5O4/c27-18(6-7-19-25-20(26-30-19)14-8-10-22-11-9-14)23-15-3-1-4-16(13-15)24-21(28)17-5-2-12-29-17/h1-5,8-13H,6-7H2,(H,23,27)(H,24,28). The van der Waals surface area contributed by atoms with Crippen molar-refractivity contribution >= 4 is 23.2 Å². The minimum absolute atomic E-state index is 0.168. The molecule has 0 saturated carbocycles. The van der Waals surface area contributed by atoms with Crippen molar-refractivity contribution in [2.75, 3.05) is 10.6 Å². The second kappa shape index (κ2) is 8.82. The first kappa shape index (κ1) is 19.1. The first-order valence-corrected chi connectivity index (χ1v) is 9.15. The number of anilines is 2. The Bertz CT molecular complexity index is 1140. The lowest BCUT2D eigenvalue weighted by Gasteiger charge is -2.08. The molecule has 2 N–H and O–H groups in total. The summed E-state index contributed by atoms with van der Waals surface area (Å²) in [6, 6.07) is 13.6. The molecule has 0 unspecified atom stereocenters. The summed E-state index contributed by atoms with van der Waals surface area (Å²) in [7, 11) is 0. The van der Waals surface area contributed by atoms with Gasteiger partial charge in [0.05, 0.1) is 6.26 Å². The summed E-state index contributed by atoms with van der Waals surface area (Å²) in [4.78, 5) is 32.6. The molecule has 2 amide bonds. The molecule has 9 heteroatoms. The van der Waals surface area contributed by atoms with Crippen LogP contribution in [0, 0.1) is 0 Å². The normalized spacial score (nSPS) is 10.5. The van der Waals surface area contributed by atoms with Crippen molar-refractivity contribution < 1.29 is 18.5 Å². The predicted octanol–water partition coefficient (Wildman–Crippen LogP) is 3.55. The number of aromatic nitrogens is 3. The maximum absolute atomic E-state index is 12.3. The summed E-state index contributed by atoms with van der Waals surface area (Å²) in [5, 5.41) is 9.41. The van der Waals surface area contributed by atoms with E-state index in [4.69, 9.17) is 8.94 Å². The summed E-state index contributed by atoms with van der Waals surface area (Å²) in [5.74, 6) is 0.442. The Hall–Kier alpha value is -4.27. The summed E-state index contributed by atoms with van der Waals surface area (Å²) in [6.07, 6.45) is 5.18. The van der Waals surface area contributed by atoms with E-state index in [1.165, 1.54) is 6.26 Å². The highest BCUT2D eigenvalue weighted by molar-refractivity contribution is 6.02. The van der Waals surface area contributed by atoms with Gasteiger partial charge < -0.3 is 19.6 Å². The van der Waals surface area contributed by atoms with Crippen molar-refractivity contribution in [3.05, 3.63) is 78.8 Å². The molecule has 30 heavy (non-hydrogen) atoms. The summed E-state index contributed by atoms with van der Waals surface area (Å²) in [6.45, 7) is 0. The van der Waals surface area contributed by atoms with E-state index in [1.54, 1.807) is 60.9 Å². The quantitative estimate of drug-likeness (QED) is 0.484. The van der Waals surface area contributed by atoms with E-state index in [0.29, 0.717) is 29.5 Å². The summed E-state index contributed by atoms with van der Waals surface area (Å²) in [5.41, 5.74) is 1.88. The van der Waals surface area contributed by atoms with E-state index >= 15 is 0 Å². The lowest BCUT2D eigenvalue weighted by atomic mass is 10.2. The Morgan fingerprint density at radius 1 is 0.967 bits per heavy atom. The molecule has 1 aromatic carbocycles. The van der Waals surface area contributed by atoms with Crippen molar-refractivity contribution in [3.63, 3.8) is 0 Å². The second-order valence-corrected chi connectivity index (χ2v) is 6.31. The minimum Gasteiger partial charge on any atom is -0.459 e. The third kappa shape index (κ3) is 4.76. The van der Waals surface area contributed by atoms with Crippen LogP contribution in [0.15, 0.2) is 76.1 Å². The van der Waals surface area contributed by atoms with Crippen LogP contribution in [0.2, 0.25) is 0 Å². The van der Waals surface area contributed by atoms with Gasteiger partial charge in [-0.1, -0.05) is 11.2 Å². The first-order chi connectivity index (χ1) is 14.7. The van der Waals surface area contributed by atoms with Gasteiger partial charge in [0.15, 0.2) is 5.76 Å². The van der Waals surface area contributed by atoms with E-state index in [-0.39, 0.29) is 24.0 Å². The lowest BCUT2D eigenvalue weighted by Crippen LogP contribution is -2.14. The number of rotatable bonds is 7. The van der Waals surface area contributed by atoms with Gasteiger partial charge in [-0.25, -0.2) is 0 Å². The van der Waals surface area contributed by atoms with Crippen LogP contribution in [0.4, 0.5) is 11.4 Å². The molecule has 150 valence electrons. The number of nitrogens with zero attached hydrogens (tertiary/aromatic N) is 3. The number of hydrogen-bond acceptors (Lipinski definition) is 7. The molecule has 0 bridgehead atoms. The molecule has 3 aromatic heterocycles. The SMILES string of the molecule is O=C(CCc1nc(-c2ccncc2)no1)Nc1cccc(NC(=O)c2ccco2)c1. The molecule has 4 rings (SSSR count). The predicted molar refractivity (Wildman–Crippen MR) is 108 cm³/mol. The molecule has 0 saturated heterocycles. The van der Waals surface area contributed by atoms with Crippen LogP contribution in [-0.4, -0.2) is 26.9 Å². The molecule has 0 atom stereocenters. The third-order valence-corrected chi connectivity index (χ3v) is 4.12. The van der Waals surface area contributed by atoms with Crippen LogP contribution < -0.4 is 10.6 Å². The molecule has 0 aliphatic heterocycles. The van der Waals surface area contributed by atoms with Gasteiger partial charge in [-0.3, -0.25) is 14.6 Å². The zero-order valence-corrected chi connectivity index (χ0v) is 15.7. The number of benzene rings is 1. The number of hydrogen-bond donors (Lipinski definition) is 2. The van der Waals surface area contributed by atoms with E-state index in [0.717, 1.165) is 5.56 Å². The highest BCUT2D eigenvalue weighted by atomic mass is 16.5. The van der Waals surface area contributed by atoms with Gasteiger partial charge in [-0.15, -0.1) is 0 Å². The number of aryl methyl sites for hydroxylation is 1. The Morgan fingerprint density at radius 2 is 1.77 bits per heavy atom. The van der Waals surface area contributed by atoms with E-state index in [9.17, 15) is 9.59 Å². The number of pyridine rings is 1. The minimum atomic E-state index is -0.370. The first-order valence-electron chi connectivity index (χ1n) is 9.15. The van der Waals surface area contributed by atoms with Gasteiger partial charge in [-0.2, -0.15) is 4.98 Å². The van der Waals surface area contributed by atoms with E-state index in [2.05, 4.69) is 25.8 Å². The fraction of sp³-hybridized carbons (Fsp3) is 0.0952. The maximum atomic E-state index is 12.3. The number of nitrogens with one attached hydrogen (secondary N) is 2. The average Bonchev–Trinajstić information content (AvgIpc) is 3.46. The van der Waals surface area contributed by atoms with Crippen molar-refractivity contribution in [3.8, 4) is 11.4 Å². The Morgan fingerprint density at radius 3 is 2.53 bits per heavy atom. The van der Waals surface area contributed by atoms with Crippen molar-refractivity contribution in [1.29, 1.82) is 0 Å². The molecule has 0 aliphatic rings. The van der Waals surface area contributed by atoms with Crippen LogP contribution >= 0.6 is 0 Å². The van der Waals surface area contributed by atoms with Crippen LogP contribution in [0.5, 0.6) is 0 Å². The van der Waals surface area contributed by atoms with Gasteiger partial charge >= 0.3 is 0 Å². The highest BCUT2D eigenvalue weighted by Crippen LogP contribution is 2.18. The fourth-order valence-electron chi connectivity index (χ4n) is 2.69. The highest BCUT2D eigenvalue weighted by Gasteiger charge is 2.12. The van der Waals surface area contributed by atoms with Crippen molar-refractivity contribution in [2.45, 2.75) is 12.8 Å². The smallest absolute Gasteiger partial charge is 0.291 e. The molecule has 0 aliphatic carbocycles. The molecular formula is C21H17N5O4. The van der Waals surface area contributed by atoms with E-state index < -0.39 is 0 Å². The third-order valence-electron chi connectivity index (χ3n) is 4.12. The van der Waals surface area contributed by atoms with Gasteiger partial charge in [0.2, 0.25) is 17.6 Å². The van der Waals surface area contributed by atoms with Crippen LogP contribution in [0.3, 0.4) is 0 Å². The molecule has 3 heterocycles. The molecule has 0 spiro atoms. The number of furan rings is 1. The van der Waals surface area contributed by atoms with Crippen molar-refractivity contribution in [1.82, 2.24) is 15.1 Å². The number of carbonyl (C=O) groups excluding carboxylic acids is 2. The molecule has 4 aromatic rings. The number of amides is 2. The Balaban J connectivity index is 1.31. The molecule has 0 fully saturated rings. The molecular weight excluding hydrogens is 386 g/mol. The van der Waals surface area contributed by atoms with Gasteiger partial charge in [0.1, 0.15) is 0 Å². The topological polar surface area (TPSA) is 123 Å². The fourth-order valence-corrected chi connectivity index (χ4v) is 2.69. The Labute approximate surface area is 171 Å². The average molecular weight is 403 g/mol. The molecule has 9 nitrogen and oxygen atoms in total. The van der Waals surface area contributed by atoms with Crippen LogP contribution in [0.1, 0.15) is 22.9 Å². The zero-order valence-electron chi connectivity index (χ0n) is 15.7. The largest absolute Gasteiger partial charge is 0.459 e.